The molecule has 0 heterocycles. The summed E-state index contributed by atoms with van der Waals surface area (Å²) in [4.78, 5) is 23.6. The van der Waals surface area contributed by atoms with Crippen molar-refractivity contribution < 1.29 is 19.1 Å². The van der Waals surface area contributed by atoms with Gasteiger partial charge < -0.3 is 14.8 Å². The third-order valence-electron chi connectivity index (χ3n) is 3.29. The Morgan fingerprint density at radius 1 is 1.09 bits per heavy atom. The van der Waals surface area contributed by atoms with Gasteiger partial charge in [-0.05, 0) is 49.2 Å². The molecular weight excluding hydrogens is 294 g/mol. The molecular formula is C18H19NO4. The third kappa shape index (κ3) is 4.57. The maximum absolute atomic E-state index is 12.0. The van der Waals surface area contributed by atoms with Gasteiger partial charge in [0.2, 0.25) is 0 Å². The summed E-state index contributed by atoms with van der Waals surface area (Å²) in [5.41, 5.74) is 2.85. The van der Waals surface area contributed by atoms with E-state index in [4.69, 9.17) is 4.74 Å². The molecule has 120 valence electrons. The van der Waals surface area contributed by atoms with Crippen molar-refractivity contribution in [2.45, 2.75) is 13.8 Å². The molecule has 0 saturated carbocycles. The molecule has 0 unspecified atom stereocenters. The number of carbonyl (C=O) groups is 2. The zero-order chi connectivity index (χ0) is 16.8. The van der Waals surface area contributed by atoms with Crippen LogP contribution in [0.5, 0.6) is 5.75 Å². The van der Waals surface area contributed by atoms with Crippen LogP contribution in [-0.4, -0.2) is 25.6 Å². The van der Waals surface area contributed by atoms with Gasteiger partial charge in [0.1, 0.15) is 5.75 Å². The van der Waals surface area contributed by atoms with Crippen molar-refractivity contribution in [3.63, 3.8) is 0 Å². The number of rotatable bonds is 5. The first-order chi connectivity index (χ1) is 11.0. The Hall–Kier alpha value is -2.82. The van der Waals surface area contributed by atoms with Gasteiger partial charge >= 0.3 is 5.97 Å². The number of hydrogen-bond donors (Lipinski definition) is 1. The summed E-state index contributed by atoms with van der Waals surface area (Å²) in [6.45, 7) is 3.69. The first kappa shape index (κ1) is 16.5. The minimum Gasteiger partial charge on any atom is -0.484 e. The fraction of sp³-hybridized carbons (Fsp3) is 0.222. The molecule has 0 aliphatic carbocycles. The minimum absolute atomic E-state index is 0.106. The van der Waals surface area contributed by atoms with Crippen molar-refractivity contribution in [1.29, 1.82) is 0 Å². The molecule has 0 fully saturated rings. The molecule has 0 aliphatic rings. The highest BCUT2D eigenvalue weighted by atomic mass is 16.5. The van der Waals surface area contributed by atoms with Crippen LogP contribution in [0.3, 0.4) is 0 Å². The molecule has 0 saturated heterocycles. The Bertz CT molecular complexity index is 725. The van der Waals surface area contributed by atoms with Gasteiger partial charge in [-0.2, -0.15) is 0 Å². The van der Waals surface area contributed by atoms with Gasteiger partial charge in [0.05, 0.1) is 12.7 Å². The number of anilines is 1. The smallest absolute Gasteiger partial charge is 0.337 e. The number of amides is 1. The van der Waals surface area contributed by atoms with Gasteiger partial charge in [-0.3, -0.25) is 4.79 Å². The van der Waals surface area contributed by atoms with E-state index in [1.165, 1.54) is 7.11 Å². The van der Waals surface area contributed by atoms with Crippen molar-refractivity contribution in [3.05, 3.63) is 59.2 Å². The molecule has 2 aromatic rings. The van der Waals surface area contributed by atoms with Crippen LogP contribution in [0.1, 0.15) is 21.5 Å². The monoisotopic (exact) mass is 313 g/mol. The summed E-state index contributed by atoms with van der Waals surface area (Å²) in [6.07, 6.45) is 0. The Labute approximate surface area is 135 Å². The van der Waals surface area contributed by atoms with E-state index in [2.05, 4.69) is 10.1 Å². The summed E-state index contributed by atoms with van der Waals surface area (Å²) < 4.78 is 10.1. The van der Waals surface area contributed by atoms with Gasteiger partial charge in [0.15, 0.2) is 6.61 Å². The van der Waals surface area contributed by atoms with Crippen molar-refractivity contribution in [1.82, 2.24) is 0 Å². The standard InChI is InChI=1S/C18H19NO4/c1-12-5-4-6-15(9-12)23-11-17(20)19-16-10-14(18(21)22-3)8-7-13(16)2/h4-10H,11H2,1-3H3,(H,19,20). The highest BCUT2D eigenvalue weighted by Gasteiger charge is 2.10. The maximum Gasteiger partial charge on any atom is 0.337 e. The Kier molecular flexibility index (Phi) is 5.36. The fourth-order valence-electron chi connectivity index (χ4n) is 2.04. The van der Waals surface area contributed by atoms with Gasteiger partial charge in [0, 0.05) is 5.69 Å². The highest BCUT2D eigenvalue weighted by molar-refractivity contribution is 5.95. The molecule has 5 nitrogen and oxygen atoms in total. The van der Waals surface area contributed by atoms with Crippen molar-refractivity contribution in [3.8, 4) is 5.75 Å². The van der Waals surface area contributed by atoms with Crippen LogP contribution in [0, 0.1) is 13.8 Å². The predicted molar refractivity (Wildman–Crippen MR) is 87.8 cm³/mol. The first-order valence-corrected chi connectivity index (χ1v) is 7.18. The Morgan fingerprint density at radius 2 is 1.87 bits per heavy atom. The quantitative estimate of drug-likeness (QED) is 0.861. The molecule has 1 amide bonds. The van der Waals surface area contributed by atoms with E-state index >= 15 is 0 Å². The van der Waals surface area contributed by atoms with E-state index in [1.54, 1.807) is 24.3 Å². The molecule has 0 radical (unpaired) electrons. The number of esters is 1. The number of benzene rings is 2. The van der Waals surface area contributed by atoms with Crippen LogP contribution in [0.25, 0.3) is 0 Å². The second-order valence-corrected chi connectivity index (χ2v) is 5.17. The number of carbonyl (C=O) groups excluding carboxylic acids is 2. The number of aryl methyl sites for hydroxylation is 2. The molecule has 1 N–H and O–H groups in total. The first-order valence-electron chi connectivity index (χ1n) is 7.18. The zero-order valence-electron chi connectivity index (χ0n) is 13.4. The lowest BCUT2D eigenvalue weighted by Gasteiger charge is -2.11. The van der Waals surface area contributed by atoms with Gasteiger partial charge in [0.25, 0.3) is 5.91 Å². The van der Waals surface area contributed by atoms with Gasteiger partial charge in [-0.1, -0.05) is 18.2 Å². The van der Waals surface area contributed by atoms with Crippen LogP contribution in [0.2, 0.25) is 0 Å². The van der Waals surface area contributed by atoms with Crippen LogP contribution >= 0.6 is 0 Å². The molecule has 0 aliphatic heterocycles. The third-order valence-corrected chi connectivity index (χ3v) is 3.29. The molecule has 0 aromatic heterocycles. The molecule has 2 rings (SSSR count). The summed E-state index contributed by atoms with van der Waals surface area (Å²) >= 11 is 0. The summed E-state index contributed by atoms with van der Waals surface area (Å²) in [5, 5.41) is 2.74. The molecule has 0 atom stereocenters. The van der Waals surface area contributed by atoms with E-state index in [-0.39, 0.29) is 12.5 Å². The van der Waals surface area contributed by atoms with E-state index in [1.807, 2.05) is 32.0 Å². The Morgan fingerprint density at radius 3 is 2.57 bits per heavy atom. The van der Waals surface area contributed by atoms with Gasteiger partial charge in [-0.25, -0.2) is 4.79 Å². The summed E-state index contributed by atoms with van der Waals surface area (Å²) in [6, 6.07) is 12.5. The second kappa shape index (κ2) is 7.45. The number of ether oxygens (including phenoxy) is 2. The number of methoxy groups -OCH3 is 1. The average molecular weight is 313 g/mol. The van der Waals surface area contributed by atoms with Crippen LogP contribution < -0.4 is 10.1 Å². The van der Waals surface area contributed by atoms with E-state index in [9.17, 15) is 9.59 Å². The van der Waals surface area contributed by atoms with Gasteiger partial charge in [-0.15, -0.1) is 0 Å². The molecule has 0 bridgehead atoms. The topological polar surface area (TPSA) is 64.6 Å². The van der Waals surface area contributed by atoms with E-state index < -0.39 is 5.97 Å². The lowest BCUT2D eigenvalue weighted by Crippen LogP contribution is -2.21. The minimum atomic E-state index is -0.448. The lowest BCUT2D eigenvalue weighted by molar-refractivity contribution is -0.118. The normalized spacial score (nSPS) is 10.0. The van der Waals surface area contributed by atoms with E-state index in [0.717, 1.165) is 11.1 Å². The lowest BCUT2D eigenvalue weighted by atomic mass is 10.1. The van der Waals surface area contributed by atoms with Crippen molar-refractivity contribution in [2.75, 3.05) is 19.0 Å². The number of hydrogen-bond acceptors (Lipinski definition) is 4. The molecule has 5 heteroatoms. The summed E-state index contributed by atoms with van der Waals surface area (Å²) in [7, 11) is 1.32. The largest absolute Gasteiger partial charge is 0.484 e. The maximum atomic E-state index is 12.0. The predicted octanol–water partition coefficient (Wildman–Crippen LogP) is 3.11. The van der Waals surface area contributed by atoms with Crippen LogP contribution in [0.4, 0.5) is 5.69 Å². The highest BCUT2D eigenvalue weighted by Crippen LogP contribution is 2.18. The van der Waals surface area contributed by atoms with Crippen LogP contribution in [0.15, 0.2) is 42.5 Å². The Balaban J connectivity index is 2.01. The van der Waals surface area contributed by atoms with E-state index in [0.29, 0.717) is 17.0 Å². The molecule has 2 aromatic carbocycles. The zero-order valence-corrected chi connectivity index (χ0v) is 13.4. The SMILES string of the molecule is COC(=O)c1ccc(C)c(NC(=O)COc2cccc(C)c2)c1. The molecule has 23 heavy (non-hydrogen) atoms. The second-order valence-electron chi connectivity index (χ2n) is 5.17. The summed E-state index contributed by atoms with van der Waals surface area (Å²) in [5.74, 6) is -0.103. The average Bonchev–Trinajstić information content (AvgIpc) is 2.54. The number of nitrogens with one attached hydrogen (secondary N) is 1. The van der Waals surface area contributed by atoms with Crippen LogP contribution in [-0.2, 0) is 9.53 Å². The van der Waals surface area contributed by atoms with Crippen molar-refractivity contribution >= 4 is 17.6 Å². The van der Waals surface area contributed by atoms with Crippen molar-refractivity contribution in [2.24, 2.45) is 0 Å². The fourth-order valence-corrected chi connectivity index (χ4v) is 2.04. The molecule has 0 spiro atoms.